The Bertz CT molecular complexity index is 1020. The number of anilines is 4. The van der Waals surface area contributed by atoms with Crippen LogP contribution in [0, 0.1) is 5.92 Å². The van der Waals surface area contributed by atoms with Gasteiger partial charge in [0, 0.05) is 32.0 Å². The van der Waals surface area contributed by atoms with Gasteiger partial charge in [0.25, 0.3) is 5.91 Å². The van der Waals surface area contributed by atoms with Crippen LogP contribution in [0.25, 0.3) is 0 Å². The van der Waals surface area contributed by atoms with Gasteiger partial charge in [-0.1, -0.05) is 13.8 Å². The van der Waals surface area contributed by atoms with Crippen LogP contribution in [-0.2, 0) is 10.1 Å². The largest absolute Gasteiger partial charge is 0.380 e. The Kier molecular flexibility index (Phi) is 7.08. The van der Waals surface area contributed by atoms with E-state index >= 15 is 0 Å². The quantitative estimate of drug-likeness (QED) is 0.505. The van der Waals surface area contributed by atoms with Gasteiger partial charge in [-0.2, -0.15) is 13.4 Å². The number of aromatic nitrogens is 2. The molecule has 0 aliphatic rings. The highest BCUT2D eigenvalue weighted by atomic mass is 32.2. The van der Waals surface area contributed by atoms with Crippen LogP contribution in [0.3, 0.4) is 0 Å². The van der Waals surface area contributed by atoms with E-state index in [1.165, 1.54) is 12.3 Å². The summed E-state index contributed by atoms with van der Waals surface area (Å²) in [7, 11) is -0.135. The third-order valence-corrected chi connectivity index (χ3v) is 4.84. The molecular weight excluding hydrogens is 408 g/mol. The zero-order valence-electron chi connectivity index (χ0n) is 17.9. The van der Waals surface area contributed by atoms with Crippen molar-refractivity contribution in [3.8, 4) is 5.75 Å². The van der Waals surface area contributed by atoms with Gasteiger partial charge in [0.15, 0.2) is 5.75 Å². The number of amides is 1. The maximum absolute atomic E-state index is 11.7. The molecule has 1 heterocycles. The Balaban J connectivity index is 2.37. The van der Waals surface area contributed by atoms with Gasteiger partial charge in [-0.15, -0.1) is 0 Å². The molecule has 1 aromatic carbocycles. The normalized spacial score (nSPS) is 12.4. The number of rotatable bonds is 9. The summed E-state index contributed by atoms with van der Waals surface area (Å²) in [4.78, 5) is 22.0. The van der Waals surface area contributed by atoms with Gasteiger partial charge in [0.1, 0.15) is 5.82 Å². The molecule has 0 radical (unpaired) electrons. The number of carbonyl (C=O) groups excluding carboxylic acids is 1. The molecule has 0 spiro atoms. The molecule has 0 aliphatic carbocycles. The molecule has 1 unspecified atom stereocenters. The van der Waals surface area contributed by atoms with Crippen molar-refractivity contribution >= 4 is 39.2 Å². The highest BCUT2D eigenvalue weighted by Crippen LogP contribution is 2.32. The summed E-state index contributed by atoms with van der Waals surface area (Å²) < 4.78 is 28.0. The zero-order chi connectivity index (χ0) is 22.6. The first-order valence-electron chi connectivity index (χ1n) is 9.28. The lowest BCUT2D eigenvalue weighted by molar-refractivity contribution is 0.100. The fourth-order valence-electron chi connectivity index (χ4n) is 2.42. The summed E-state index contributed by atoms with van der Waals surface area (Å²) in [5.74, 6) is 0.469. The molecular formula is C19H28N6O4S. The maximum atomic E-state index is 11.7. The minimum atomic E-state index is -3.67. The van der Waals surface area contributed by atoms with Crippen LogP contribution in [0.15, 0.2) is 24.4 Å². The van der Waals surface area contributed by atoms with E-state index in [0.29, 0.717) is 23.1 Å². The third-order valence-electron chi connectivity index (χ3n) is 4.36. The molecule has 1 aromatic heterocycles. The number of hydrogen-bond donors (Lipinski definition) is 3. The Morgan fingerprint density at radius 3 is 2.43 bits per heavy atom. The Morgan fingerprint density at radius 1 is 1.23 bits per heavy atom. The molecule has 0 aliphatic heterocycles. The average Bonchev–Trinajstić information content (AvgIpc) is 2.61. The Hall–Kier alpha value is -3.08. The molecule has 10 nitrogen and oxygen atoms in total. The lowest BCUT2D eigenvalue weighted by Crippen LogP contribution is -2.25. The number of primary amides is 1. The lowest BCUT2D eigenvalue weighted by Gasteiger charge is -2.20. The van der Waals surface area contributed by atoms with Gasteiger partial charge in [0.2, 0.25) is 5.95 Å². The average molecular weight is 437 g/mol. The van der Waals surface area contributed by atoms with Crippen molar-refractivity contribution in [1.29, 1.82) is 0 Å². The van der Waals surface area contributed by atoms with Crippen molar-refractivity contribution in [3.63, 3.8) is 0 Å². The molecule has 0 saturated carbocycles. The molecule has 4 N–H and O–H groups in total. The van der Waals surface area contributed by atoms with E-state index in [2.05, 4.69) is 20.6 Å². The molecule has 11 heteroatoms. The molecule has 1 amide bonds. The lowest BCUT2D eigenvalue weighted by atomic mass is 10.1. The van der Waals surface area contributed by atoms with E-state index in [0.717, 1.165) is 6.26 Å². The van der Waals surface area contributed by atoms with Crippen molar-refractivity contribution in [3.05, 3.63) is 30.0 Å². The van der Waals surface area contributed by atoms with E-state index in [1.54, 1.807) is 31.1 Å². The second-order valence-corrected chi connectivity index (χ2v) is 9.06. The van der Waals surface area contributed by atoms with E-state index < -0.39 is 16.0 Å². The van der Waals surface area contributed by atoms with E-state index in [9.17, 15) is 13.2 Å². The first kappa shape index (κ1) is 23.2. The van der Waals surface area contributed by atoms with E-state index in [1.807, 2.05) is 20.8 Å². The molecule has 2 aromatic rings. The molecule has 164 valence electrons. The second kappa shape index (κ2) is 9.16. The first-order chi connectivity index (χ1) is 13.9. The van der Waals surface area contributed by atoms with Crippen LogP contribution in [0.4, 0.5) is 23.1 Å². The van der Waals surface area contributed by atoms with Crippen molar-refractivity contribution in [2.24, 2.45) is 11.7 Å². The second-order valence-electron chi connectivity index (χ2n) is 7.49. The summed E-state index contributed by atoms with van der Waals surface area (Å²) in [5, 5.41) is 6.25. The standard InChI is InChI=1S/C19H28N6O4S/c1-11(2)12(3)22-18-14(17(20)26)10-21-19(24-18)23-13-7-8-16(29-30(6,27)28)15(9-13)25(4)5/h7-12H,1-6H3,(H2,20,26)(H2,21,22,23,24). The molecule has 30 heavy (non-hydrogen) atoms. The predicted octanol–water partition coefficient (Wildman–Crippen LogP) is 2.18. The van der Waals surface area contributed by atoms with Gasteiger partial charge in [-0.3, -0.25) is 4.79 Å². The molecule has 0 saturated heterocycles. The smallest absolute Gasteiger partial charge is 0.306 e. The number of nitrogens with one attached hydrogen (secondary N) is 2. The van der Waals surface area contributed by atoms with Gasteiger partial charge >= 0.3 is 10.1 Å². The van der Waals surface area contributed by atoms with Crippen LogP contribution < -0.4 is 25.5 Å². The van der Waals surface area contributed by atoms with Crippen molar-refractivity contribution in [2.75, 3.05) is 35.9 Å². The van der Waals surface area contributed by atoms with Crippen LogP contribution in [0.2, 0.25) is 0 Å². The summed E-state index contributed by atoms with van der Waals surface area (Å²) in [6, 6.07) is 4.94. The monoisotopic (exact) mass is 436 g/mol. The number of nitrogens with two attached hydrogens (primary N) is 1. The van der Waals surface area contributed by atoms with Gasteiger partial charge in [-0.05, 0) is 31.0 Å². The molecule has 0 bridgehead atoms. The molecule has 1 atom stereocenters. The van der Waals surface area contributed by atoms with E-state index in [4.69, 9.17) is 9.92 Å². The summed E-state index contributed by atoms with van der Waals surface area (Å²) in [5.41, 5.74) is 6.79. The Morgan fingerprint density at radius 2 is 1.90 bits per heavy atom. The SMILES string of the molecule is CC(C)C(C)Nc1nc(Nc2ccc(OS(C)(=O)=O)c(N(C)C)c2)ncc1C(N)=O. The van der Waals surface area contributed by atoms with E-state index in [-0.39, 0.29) is 23.3 Å². The highest BCUT2D eigenvalue weighted by molar-refractivity contribution is 7.86. The van der Waals surface area contributed by atoms with Crippen LogP contribution in [-0.4, -0.2) is 50.7 Å². The van der Waals surface area contributed by atoms with Crippen molar-refractivity contribution in [1.82, 2.24) is 9.97 Å². The summed E-state index contributed by atoms with van der Waals surface area (Å²) in [6.07, 6.45) is 2.35. The third kappa shape index (κ3) is 6.21. The van der Waals surface area contributed by atoms with Crippen molar-refractivity contribution in [2.45, 2.75) is 26.8 Å². The summed E-state index contributed by atoms with van der Waals surface area (Å²) >= 11 is 0. The van der Waals surface area contributed by atoms with Crippen molar-refractivity contribution < 1.29 is 17.4 Å². The summed E-state index contributed by atoms with van der Waals surface area (Å²) in [6.45, 7) is 6.07. The Labute approximate surface area is 177 Å². The number of benzene rings is 1. The fourth-order valence-corrected chi connectivity index (χ4v) is 2.89. The van der Waals surface area contributed by atoms with Crippen LogP contribution >= 0.6 is 0 Å². The molecule has 0 fully saturated rings. The minimum Gasteiger partial charge on any atom is -0.380 e. The van der Waals surface area contributed by atoms with Gasteiger partial charge in [-0.25, -0.2) is 4.98 Å². The predicted molar refractivity (Wildman–Crippen MR) is 118 cm³/mol. The highest BCUT2D eigenvalue weighted by Gasteiger charge is 2.17. The van der Waals surface area contributed by atoms with Gasteiger partial charge in [0.05, 0.1) is 17.5 Å². The number of carbonyl (C=O) groups is 1. The maximum Gasteiger partial charge on any atom is 0.306 e. The topological polar surface area (TPSA) is 140 Å². The number of nitrogens with zero attached hydrogens (tertiary/aromatic N) is 3. The first-order valence-corrected chi connectivity index (χ1v) is 11.1. The molecule has 2 rings (SSSR count). The van der Waals surface area contributed by atoms with Crippen LogP contribution in [0.5, 0.6) is 5.75 Å². The fraction of sp³-hybridized carbons (Fsp3) is 0.421. The minimum absolute atomic E-state index is 0.0543. The van der Waals surface area contributed by atoms with Crippen LogP contribution in [0.1, 0.15) is 31.1 Å². The zero-order valence-corrected chi connectivity index (χ0v) is 18.7. The van der Waals surface area contributed by atoms with Gasteiger partial charge < -0.3 is 25.5 Å². The number of hydrogen-bond acceptors (Lipinski definition) is 9.